The lowest BCUT2D eigenvalue weighted by Crippen LogP contribution is -2.34. The average Bonchev–Trinajstić information content (AvgIpc) is 3.02. The van der Waals surface area contributed by atoms with Gasteiger partial charge in [-0.1, -0.05) is 6.08 Å². The Bertz CT molecular complexity index is 1760. The normalized spacial score (nSPS) is 14.6. The Labute approximate surface area is 241 Å². The summed E-state index contributed by atoms with van der Waals surface area (Å²) >= 11 is 0. The molecular weight excluding hydrogens is 540 g/mol. The van der Waals surface area contributed by atoms with E-state index in [2.05, 4.69) is 15.3 Å². The highest BCUT2D eigenvalue weighted by Gasteiger charge is 2.28. The Hall–Kier alpha value is -4.74. The predicted octanol–water partition coefficient (Wildman–Crippen LogP) is 4.50. The summed E-state index contributed by atoms with van der Waals surface area (Å²) in [6.45, 7) is 4.20. The van der Waals surface area contributed by atoms with Crippen molar-refractivity contribution in [2.24, 2.45) is 0 Å². The van der Waals surface area contributed by atoms with Gasteiger partial charge in [0, 0.05) is 41.8 Å². The zero-order valence-corrected chi connectivity index (χ0v) is 23.6. The van der Waals surface area contributed by atoms with Crippen LogP contribution in [-0.4, -0.2) is 54.5 Å². The molecule has 11 nitrogen and oxygen atoms in total. The van der Waals surface area contributed by atoms with Gasteiger partial charge >= 0.3 is 0 Å². The van der Waals surface area contributed by atoms with Crippen molar-refractivity contribution in [1.82, 2.24) is 14.5 Å². The lowest BCUT2D eigenvalue weighted by Gasteiger charge is -2.27. The molecule has 216 valence electrons. The van der Waals surface area contributed by atoms with Gasteiger partial charge in [0.15, 0.2) is 11.5 Å². The molecule has 42 heavy (non-hydrogen) atoms. The van der Waals surface area contributed by atoms with Crippen molar-refractivity contribution in [3.63, 3.8) is 0 Å². The fraction of sp³-hybridized carbons (Fsp3) is 0.290. The summed E-state index contributed by atoms with van der Waals surface area (Å²) in [5, 5.41) is 2.89. The molecule has 0 bridgehead atoms. The van der Waals surface area contributed by atoms with Gasteiger partial charge in [0.1, 0.15) is 16.8 Å². The second kappa shape index (κ2) is 11.6. The van der Waals surface area contributed by atoms with Gasteiger partial charge in [0.25, 0.3) is 11.8 Å². The van der Waals surface area contributed by atoms with Gasteiger partial charge < -0.3 is 33.6 Å². The molecule has 4 aromatic rings. The van der Waals surface area contributed by atoms with Crippen molar-refractivity contribution >= 4 is 28.2 Å². The molecule has 6 rings (SSSR count). The maximum atomic E-state index is 13.8. The van der Waals surface area contributed by atoms with E-state index in [1.54, 1.807) is 42.6 Å². The van der Waals surface area contributed by atoms with E-state index in [1.165, 1.54) is 14.2 Å². The lowest BCUT2D eigenvalue weighted by atomic mass is 9.95. The molecule has 1 aromatic carbocycles. The highest BCUT2D eigenvalue weighted by atomic mass is 16.5. The third-order valence-electron chi connectivity index (χ3n) is 7.41. The number of anilines is 1. The minimum absolute atomic E-state index is 0.0988. The molecule has 11 heteroatoms. The van der Waals surface area contributed by atoms with Gasteiger partial charge in [0.2, 0.25) is 5.43 Å². The molecule has 0 spiro atoms. The number of nitrogens with one attached hydrogen (secondary N) is 1. The van der Waals surface area contributed by atoms with Gasteiger partial charge in [-0.25, -0.2) is 4.98 Å². The highest BCUT2D eigenvalue weighted by Crippen LogP contribution is 2.34. The number of fused-ring (bicyclic) bond motifs is 2. The third-order valence-corrected chi connectivity index (χ3v) is 7.41. The first kappa shape index (κ1) is 27.4. The molecule has 0 saturated carbocycles. The topological polar surface area (TPSA) is 123 Å². The second-order valence-electron chi connectivity index (χ2n) is 9.83. The van der Waals surface area contributed by atoms with E-state index in [4.69, 9.17) is 23.7 Å². The number of carbonyl (C=O) groups is 1. The monoisotopic (exact) mass is 570 g/mol. The first-order chi connectivity index (χ1) is 20.5. The minimum Gasteiger partial charge on any atom is -0.491 e. The number of ether oxygens (including phenoxy) is 5. The van der Waals surface area contributed by atoms with Crippen LogP contribution in [0.3, 0.4) is 0 Å². The molecule has 0 aliphatic carbocycles. The van der Waals surface area contributed by atoms with Crippen molar-refractivity contribution in [3.05, 3.63) is 81.4 Å². The number of rotatable bonds is 7. The van der Waals surface area contributed by atoms with E-state index in [0.29, 0.717) is 83.9 Å². The summed E-state index contributed by atoms with van der Waals surface area (Å²) in [6, 6.07) is 10.3. The van der Waals surface area contributed by atoms with Crippen molar-refractivity contribution in [2.75, 3.05) is 39.4 Å². The Morgan fingerprint density at radius 1 is 1.05 bits per heavy atom. The minimum atomic E-state index is -0.484. The van der Waals surface area contributed by atoms with Gasteiger partial charge in [0.05, 0.1) is 51.9 Å². The average molecular weight is 571 g/mol. The van der Waals surface area contributed by atoms with E-state index in [9.17, 15) is 9.59 Å². The molecule has 0 atom stereocenters. The van der Waals surface area contributed by atoms with Crippen LogP contribution in [0.5, 0.6) is 23.1 Å². The number of hydrogen-bond donors (Lipinski definition) is 1. The smallest absolute Gasteiger partial charge is 0.261 e. The van der Waals surface area contributed by atoms with Crippen LogP contribution in [0.15, 0.2) is 53.5 Å². The molecule has 0 fully saturated rings. The molecule has 1 amide bonds. The predicted molar refractivity (Wildman–Crippen MR) is 156 cm³/mol. The quantitative estimate of drug-likeness (QED) is 0.342. The lowest BCUT2D eigenvalue weighted by molar-refractivity contribution is 0.0799. The van der Waals surface area contributed by atoms with Crippen molar-refractivity contribution < 1.29 is 28.5 Å². The van der Waals surface area contributed by atoms with Crippen LogP contribution in [0.1, 0.15) is 33.7 Å². The number of nitrogens with zero attached hydrogens (tertiary/aromatic N) is 3. The molecule has 0 radical (unpaired) electrons. The summed E-state index contributed by atoms with van der Waals surface area (Å²) < 4.78 is 29.9. The third kappa shape index (κ3) is 5.08. The van der Waals surface area contributed by atoms with Crippen molar-refractivity contribution in [2.45, 2.75) is 26.5 Å². The van der Waals surface area contributed by atoms with E-state index < -0.39 is 5.91 Å². The number of benzene rings is 1. The van der Waals surface area contributed by atoms with Crippen LogP contribution in [0.2, 0.25) is 0 Å². The van der Waals surface area contributed by atoms with Gasteiger partial charge in [-0.05, 0) is 43.2 Å². The van der Waals surface area contributed by atoms with Gasteiger partial charge in [-0.2, -0.15) is 0 Å². The summed E-state index contributed by atoms with van der Waals surface area (Å²) in [4.78, 5) is 36.2. The summed E-state index contributed by atoms with van der Waals surface area (Å²) in [5.41, 5.74) is 4.33. The molecule has 2 aliphatic rings. The fourth-order valence-corrected chi connectivity index (χ4v) is 5.35. The SMILES string of the molecule is COc1cc2nccc(Oc3ccc(NC(=O)c4c5n(c(C)c(C6=CCOCC6)c4=O)CCOC5)cc3)c2nc1OC. The Kier molecular flexibility index (Phi) is 7.60. The number of aromatic nitrogens is 3. The first-order valence-electron chi connectivity index (χ1n) is 13.6. The van der Waals surface area contributed by atoms with Crippen LogP contribution in [0, 0.1) is 6.92 Å². The molecule has 1 N–H and O–H groups in total. The number of methoxy groups -OCH3 is 2. The molecule has 0 unspecified atom stereocenters. The Morgan fingerprint density at radius 3 is 2.62 bits per heavy atom. The molecule has 5 heterocycles. The zero-order chi connectivity index (χ0) is 29.2. The molecular formula is C31H30N4O7. The van der Waals surface area contributed by atoms with Gasteiger partial charge in [-0.3, -0.25) is 14.6 Å². The Balaban J connectivity index is 1.27. The summed E-state index contributed by atoms with van der Waals surface area (Å²) in [6.07, 6.45) is 4.17. The van der Waals surface area contributed by atoms with Crippen molar-refractivity contribution in [1.29, 1.82) is 0 Å². The number of carbonyl (C=O) groups excluding carboxylic acids is 1. The van der Waals surface area contributed by atoms with E-state index in [1.807, 2.05) is 17.6 Å². The van der Waals surface area contributed by atoms with Crippen LogP contribution in [0.25, 0.3) is 16.6 Å². The molecule has 2 aliphatic heterocycles. The Morgan fingerprint density at radius 2 is 1.88 bits per heavy atom. The number of hydrogen-bond acceptors (Lipinski definition) is 9. The maximum absolute atomic E-state index is 13.8. The van der Waals surface area contributed by atoms with Crippen LogP contribution in [-0.2, 0) is 22.6 Å². The summed E-state index contributed by atoms with van der Waals surface area (Å²) in [7, 11) is 3.05. The highest BCUT2D eigenvalue weighted by molar-refractivity contribution is 6.05. The largest absolute Gasteiger partial charge is 0.491 e. The van der Waals surface area contributed by atoms with Crippen LogP contribution in [0.4, 0.5) is 5.69 Å². The second-order valence-corrected chi connectivity index (χ2v) is 9.83. The fourth-order valence-electron chi connectivity index (χ4n) is 5.35. The van der Waals surface area contributed by atoms with E-state index >= 15 is 0 Å². The maximum Gasteiger partial charge on any atom is 0.261 e. The summed E-state index contributed by atoms with van der Waals surface area (Å²) in [5.74, 6) is 1.30. The van der Waals surface area contributed by atoms with Gasteiger partial charge in [-0.15, -0.1) is 0 Å². The first-order valence-corrected chi connectivity index (χ1v) is 13.6. The number of amides is 1. The molecule has 3 aromatic heterocycles. The van der Waals surface area contributed by atoms with E-state index in [0.717, 1.165) is 11.3 Å². The van der Waals surface area contributed by atoms with Crippen molar-refractivity contribution in [3.8, 4) is 23.1 Å². The number of pyridine rings is 3. The van der Waals surface area contributed by atoms with Crippen LogP contribution < -0.4 is 25.0 Å². The van der Waals surface area contributed by atoms with Crippen LogP contribution >= 0.6 is 0 Å². The zero-order valence-electron chi connectivity index (χ0n) is 23.6. The molecule has 0 saturated heterocycles. The standard InChI is InChI=1S/C31H30N4O7/c1-18-26(19-9-13-40-14-10-19)29(36)27(23-17-41-15-12-35(18)23)30(37)33-20-4-6-21(7-5-20)42-24-8-11-32-22-16-25(38-2)31(39-3)34-28(22)24/h4-9,11,16H,10,12-15,17H2,1-3H3,(H,33,37). The van der Waals surface area contributed by atoms with E-state index in [-0.39, 0.29) is 17.6 Å².